The molecule has 0 spiro atoms. The van der Waals surface area contributed by atoms with E-state index in [1.54, 1.807) is 0 Å². The molecule has 106 valence electrons. The molecule has 0 aliphatic heterocycles. The molecular weight excluding hydrogens is 255 g/mol. The monoisotopic (exact) mass is 274 g/mol. The number of halogens is 1. The molecule has 0 bridgehead atoms. The van der Waals surface area contributed by atoms with Gasteiger partial charge in [-0.05, 0) is 37.0 Å². The normalized spacial score (nSPS) is 21.1. The molecule has 3 nitrogen and oxygen atoms in total. The van der Waals surface area contributed by atoms with Gasteiger partial charge in [0.15, 0.2) is 0 Å². The van der Waals surface area contributed by atoms with E-state index in [4.69, 9.17) is 5.73 Å². The molecule has 1 fully saturated rings. The first kappa shape index (κ1) is 14.5. The van der Waals surface area contributed by atoms with Gasteiger partial charge in [-0.2, -0.15) is 0 Å². The number of carbonyl (C=O) groups excluding carboxylic acids is 1. The number of nitrogens with two attached hydrogens (primary N) is 1. The van der Waals surface area contributed by atoms with Crippen LogP contribution in [0.1, 0.15) is 42.1 Å². The lowest BCUT2D eigenvalue weighted by molar-refractivity contribution is 0.0929. The number of hydrogen-bond donors (Lipinski definition) is 2. The minimum Gasteiger partial charge on any atom is -0.349 e. The zero-order chi connectivity index (χ0) is 14.5. The third-order valence-electron chi connectivity index (χ3n) is 3.73. The van der Waals surface area contributed by atoms with Crippen molar-refractivity contribution in [2.24, 2.45) is 11.7 Å². The van der Waals surface area contributed by atoms with Gasteiger partial charge in [0.05, 0.1) is 12.1 Å². The maximum atomic E-state index is 13.4. The fourth-order valence-corrected chi connectivity index (χ4v) is 2.57. The van der Waals surface area contributed by atoms with E-state index in [0.717, 1.165) is 19.3 Å². The number of amides is 1. The lowest BCUT2D eigenvalue weighted by atomic mass is 10.0. The third-order valence-corrected chi connectivity index (χ3v) is 3.73. The number of hydrogen-bond acceptors (Lipinski definition) is 2. The van der Waals surface area contributed by atoms with Crippen LogP contribution in [-0.4, -0.2) is 18.5 Å². The summed E-state index contributed by atoms with van der Waals surface area (Å²) in [6.45, 7) is 2.33. The van der Waals surface area contributed by atoms with Gasteiger partial charge in [-0.3, -0.25) is 4.79 Å². The van der Waals surface area contributed by atoms with Crippen LogP contribution in [0.3, 0.4) is 0 Å². The molecule has 1 aromatic carbocycles. The molecule has 0 heterocycles. The Morgan fingerprint density at radius 1 is 1.50 bits per heavy atom. The Bertz CT molecular complexity index is 559. The van der Waals surface area contributed by atoms with Crippen molar-refractivity contribution >= 4 is 5.91 Å². The molecule has 0 saturated heterocycles. The highest BCUT2D eigenvalue weighted by atomic mass is 19.1. The Morgan fingerprint density at radius 2 is 2.30 bits per heavy atom. The summed E-state index contributed by atoms with van der Waals surface area (Å²) in [7, 11) is 0. The van der Waals surface area contributed by atoms with E-state index in [-0.39, 0.29) is 24.1 Å². The van der Waals surface area contributed by atoms with E-state index in [9.17, 15) is 9.18 Å². The first-order valence-corrected chi connectivity index (χ1v) is 6.91. The molecule has 0 radical (unpaired) electrons. The Balaban J connectivity index is 2.21. The maximum Gasteiger partial charge on any atom is 0.252 e. The summed E-state index contributed by atoms with van der Waals surface area (Å²) < 4.78 is 13.4. The summed E-state index contributed by atoms with van der Waals surface area (Å²) in [6.07, 6.45) is 3.22. The van der Waals surface area contributed by atoms with Gasteiger partial charge in [-0.25, -0.2) is 4.39 Å². The zero-order valence-electron chi connectivity index (χ0n) is 11.6. The fourth-order valence-electron chi connectivity index (χ4n) is 2.57. The summed E-state index contributed by atoms with van der Waals surface area (Å²) in [5, 5.41) is 2.98. The van der Waals surface area contributed by atoms with Crippen molar-refractivity contribution in [2.45, 2.75) is 32.2 Å². The highest BCUT2D eigenvalue weighted by Crippen LogP contribution is 2.25. The van der Waals surface area contributed by atoms with Gasteiger partial charge in [0, 0.05) is 11.6 Å². The Hall–Kier alpha value is -1.86. The summed E-state index contributed by atoms with van der Waals surface area (Å²) >= 11 is 0. The molecule has 2 atom stereocenters. The van der Waals surface area contributed by atoms with Crippen molar-refractivity contribution in [2.75, 3.05) is 6.54 Å². The summed E-state index contributed by atoms with van der Waals surface area (Å²) in [5.41, 5.74) is 6.13. The van der Waals surface area contributed by atoms with Crippen LogP contribution >= 0.6 is 0 Å². The predicted molar refractivity (Wildman–Crippen MR) is 76.6 cm³/mol. The van der Waals surface area contributed by atoms with Gasteiger partial charge in [-0.1, -0.05) is 25.2 Å². The Labute approximate surface area is 118 Å². The van der Waals surface area contributed by atoms with Crippen molar-refractivity contribution in [3.05, 3.63) is 35.1 Å². The second-order valence-electron chi connectivity index (χ2n) is 5.18. The molecule has 3 N–H and O–H groups in total. The van der Waals surface area contributed by atoms with Crippen molar-refractivity contribution in [1.82, 2.24) is 5.32 Å². The average molecular weight is 274 g/mol. The first-order chi connectivity index (χ1) is 9.61. The molecule has 1 saturated carbocycles. The molecule has 1 amide bonds. The molecule has 1 aliphatic rings. The first-order valence-electron chi connectivity index (χ1n) is 6.91. The molecule has 1 aromatic rings. The number of carbonyl (C=O) groups is 1. The van der Waals surface area contributed by atoms with E-state index in [0.29, 0.717) is 11.5 Å². The van der Waals surface area contributed by atoms with E-state index < -0.39 is 5.82 Å². The molecule has 20 heavy (non-hydrogen) atoms. The molecule has 0 aromatic heterocycles. The maximum absolute atomic E-state index is 13.4. The summed E-state index contributed by atoms with van der Waals surface area (Å²) in [6, 6.07) is 4.22. The highest BCUT2D eigenvalue weighted by molar-refractivity contribution is 5.97. The largest absolute Gasteiger partial charge is 0.349 e. The van der Waals surface area contributed by atoms with Gasteiger partial charge in [0.25, 0.3) is 5.91 Å². The Kier molecular flexibility index (Phi) is 4.75. The van der Waals surface area contributed by atoms with Crippen LogP contribution in [0, 0.1) is 23.6 Å². The van der Waals surface area contributed by atoms with Gasteiger partial charge >= 0.3 is 0 Å². The smallest absolute Gasteiger partial charge is 0.252 e. The molecule has 1 aliphatic carbocycles. The SMILES string of the molecule is CC1CCCC1NC(=O)c1cc(F)ccc1C#CCN. The van der Waals surface area contributed by atoms with E-state index in [1.165, 1.54) is 18.2 Å². The molecular formula is C16H19FN2O. The summed E-state index contributed by atoms with van der Waals surface area (Å²) in [4.78, 5) is 12.3. The van der Waals surface area contributed by atoms with Crippen LogP contribution in [0.4, 0.5) is 4.39 Å². The van der Waals surface area contributed by atoms with E-state index in [1.807, 2.05) is 0 Å². The lowest BCUT2D eigenvalue weighted by Gasteiger charge is -2.17. The number of nitrogens with one attached hydrogen (secondary N) is 1. The minimum atomic E-state index is -0.437. The van der Waals surface area contributed by atoms with E-state index in [2.05, 4.69) is 24.1 Å². The molecule has 4 heteroatoms. The van der Waals surface area contributed by atoms with Crippen LogP contribution in [0.25, 0.3) is 0 Å². The van der Waals surface area contributed by atoms with Gasteiger partial charge in [0.1, 0.15) is 5.82 Å². The number of benzene rings is 1. The third kappa shape index (κ3) is 3.37. The average Bonchev–Trinajstić information content (AvgIpc) is 2.83. The molecule has 2 rings (SSSR count). The lowest BCUT2D eigenvalue weighted by Crippen LogP contribution is -2.36. The van der Waals surface area contributed by atoms with Crippen LogP contribution in [-0.2, 0) is 0 Å². The second kappa shape index (κ2) is 6.53. The van der Waals surface area contributed by atoms with Crippen molar-refractivity contribution in [3.63, 3.8) is 0 Å². The zero-order valence-corrected chi connectivity index (χ0v) is 11.6. The van der Waals surface area contributed by atoms with Crippen molar-refractivity contribution < 1.29 is 9.18 Å². The minimum absolute atomic E-state index is 0.168. The standard InChI is InChI=1S/C16H19FN2O/c1-11-4-2-6-15(11)19-16(20)14-10-13(17)8-7-12(14)5-3-9-18/h7-8,10-11,15H,2,4,6,9,18H2,1H3,(H,19,20). The highest BCUT2D eigenvalue weighted by Gasteiger charge is 2.25. The topological polar surface area (TPSA) is 55.1 Å². The van der Waals surface area contributed by atoms with E-state index >= 15 is 0 Å². The van der Waals surface area contributed by atoms with Crippen LogP contribution < -0.4 is 11.1 Å². The van der Waals surface area contributed by atoms with Gasteiger partial charge in [-0.15, -0.1) is 0 Å². The van der Waals surface area contributed by atoms with Crippen molar-refractivity contribution in [3.8, 4) is 11.8 Å². The van der Waals surface area contributed by atoms with Crippen LogP contribution in [0.5, 0.6) is 0 Å². The predicted octanol–water partition coefficient (Wildman–Crippen LogP) is 2.05. The Morgan fingerprint density at radius 3 is 2.95 bits per heavy atom. The van der Waals surface area contributed by atoms with Gasteiger partial charge in [0.2, 0.25) is 0 Å². The summed E-state index contributed by atoms with van der Waals surface area (Å²) in [5.74, 6) is 5.28. The van der Waals surface area contributed by atoms with Gasteiger partial charge < -0.3 is 11.1 Å². The molecule has 2 unspecified atom stereocenters. The van der Waals surface area contributed by atoms with Crippen LogP contribution in [0.15, 0.2) is 18.2 Å². The van der Waals surface area contributed by atoms with Crippen LogP contribution in [0.2, 0.25) is 0 Å². The second-order valence-corrected chi connectivity index (χ2v) is 5.18. The number of rotatable bonds is 2. The quantitative estimate of drug-likeness (QED) is 0.811. The fraction of sp³-hybridized carbons (Fsp3) is 0.438. The van der Waals surface area contributed by atoms with Crippen molar-refractivity contribution in [1.29, 1.82) is 0 Å².